The number of nitrogens with zero attached hydrogens (tertiary/aromatic N) is 1. The van der Waals surface area contributed by atoms with Gasteiger partial charge in [0, 0.05) is 6.21 Å². The molecule has 0 radical (unpaired) electrons. The summed E-state index contributed by atoms with van der Waals surface area (Å²) in [4.78, 5) is 3.48. The van der Waals surface area contributed by atoms with Crippen LogP contribution in [0, 0.1) is 5.41 Å². The van der Waals surface area contributed by atoms with E-state index >= 15 is 0 Å². The van der Waals surface area contributed by atoms with Gasteiger partial charge in [0.25, 0.3) is 0 Å². The molecule has 0 bridgehead atoms. The summed E-state index contributed by atoms with van der Waals surface area (Å²) in [6.45, 7) is 1.73. The smallest absolute Gasteiger partial charge is 0.308 e. The third-order valence-electron chi connectivity index (χ3n) is 0.440. The Bertz CT molecular complexity index is 87.7. The number of hydrogen-bond acceptors (Lipinski definition) is 2. The van der Waals surface area contributed by atoms with Gasteiger partial charge in [-0.05, 0) is 6.92 Å². The molecule has 0 aromatic carbocycles. The molecule has 3 heteroatoms. The van der Waals surface area contributed by atoms with Crippen LogP contribution in [0.5, 0.6) is 0 Å². The monoisotopic (exact) mass is 100 g/mol. The summed E-state index contributed by atoms with van der Waals surface area (Å²) < 4.78 is 4.38. The molecular formula is C4H8N2O. The van der Waals surface area contributed by atoms with Gasteiger partial charge in [-0.25, -0.2) is 10.4 Å². The lowest BCUT2D eigenvalue weighted by Crippen LogP contribution is -1.92. The van der Waals surface area contributed by atoms with Crippen LogP contribution in [-0.4, -0.2) is 19.3 Å². The summed E-state index contributed by atoms with van der Waals surface area (Å²) in [6, 6.07) is -0.0532. The molecule has 0 amide bonds. The lowest BCUT2D eigenvalue weighted by molar-refractivity contribution is 0.393. The van der Waals surface area contributed by atoms with Crippen LogP contribution in [0.1, 0.15) is 6.92 Å². The van der Waals surface area contributed by atoms with E-state index in [2.05, 4.69) is 9.73 Å². The van der Waals surface area contributed by atoms with E-state index < -0.39 is 0 Å². The van der Waals surface area contributed by atoms with Gasteiger partial charge in [-0.1, -0.05) is 0 Å². The lowest BCUT2D eigenvalue weighted by atomic mass is 10.9. The molecule has 0 spiro atoms. The molecule has 7 heavy (non-hydrogen) atoms. The first-order valence-electron chi connectivity index (χ1n) is 1.92. The maximum atomic E-state index is 6.72. The van der Waals surface area contributed by atoms with Gasteiger partial charge in [0.15, 0.2) is 0 Å². The first-order valence-corrected chi connectivity index (χ1v) is 1.92. The highest BCUT2D eigenvalue weighted by molar-refractivity contribution is 5.79. The Morgan fingerprint density at radius 1 is 1.86 bits per heavy atom. The number of rotatable bonds is 0. The van der Waals surface area contributed by atoms with Crippen LogP contribution in [-0.2, 0) is 4.74 Å². The maximum Gasteiger partial charge on any atom is 0.308 e. The molecule has 0 aromatic rings. The minimum atomic E-state index is -0.0532. The third-order valence-corrected chi connectivity index (χ3v) is 0.440. The Balaban J connectivity index is 3.37. The van der Waals surface area contributed by atoms with Gasteiger partial charge < -0.3 is 4.74 Å². The van der Waals surface area contributed by atoms with Gasteiger partial charge >= 0.3 is 6.02 Å². The summed E-state index contributed by atoms with van der Waals surface area (Å²) in [7, 11) is 1.41. The largest absolute Gasteiger partial charge is 0.467 e. The molecule has 0 saturated carbocycles. The van der Waals surface area contributed by atoms with E-state index in [4.69, 9.17) is 5.41 Å². The van der Waals surface area contributed by atoms with Crippen LogP contribution < -0.4 is 0 Å². The average molecular weight is 100 g/mol. The van der Waals surface area contributed by atoms with Gasteiger partial charge in [-0.2, -0.15) is 0 Å². The van der Waals surface area contributed by atoms with Crippen molar-refractivity contribution in [3.05, 3.63) is 0 Å². The Hall–Kier alpha value is -0.860. The predicted octanol–water partition coefficient (Wildman–Crippen LogP) is 0.658. The third kappa shape index (κ3) is 2.96. The normalized spacial score (nSPS) is 9.43. The molecule has 0 aliphatic rings. The van der Waals surface area contributed by atoms with E-state index in [1.807, 2.05) is 0 Å². The van der Waals surface area contributed by atoms with E-state index in [1.54, 1.807) is 6.92 Å². The Labute approximate surface area is 42.5 Å². The van der Waals surface area contributed by atoms with Gasteiger partial charge in [0.2, 0.25) is 0 Å². The molecular weight excluding hydrogens is 92.1 g/mol. The number of ether oxygens (including phenoxy) is 1. The summed E-state index contributed by atoms with van der Waals surface area (Å²) >= 11 is 0. The SMILES string of the molecule is CC=NC(=N)OC. The maximum absolute atomic E-state index is 6.72. The quantitative estimate of drug-likeness (QED) is 0.352. The molecule has 0 heterocycles. The zero-order chi connectivity index (χ0) is 5.70. The molecule has 0 rings (SSSR count). The van der Waals surface area contributed by atoms with Gasteiger partial charge in [0.05, 0.1) is 7.11 Å². The molecule has 0 aromatic heterocycles. The number of nitrogens with one attached hydrogen (secondary N) is 1. The zero-order valence-electron chi connectivity index (χ0n) is 4.43. The van der Waals surface area contributed by atoms with Crippen molar-refractivity contribution >= 4 is 12.2 Å². The number of methoxy groups -OCH3 is 1. The van der Waals surface area contributed by atoms with Crippen LogP contribution in [0.15, 0.2) is 4.99 Å². The van der Waals surface area contributed by atoms with Crippen molar-refractivity contribution in [3.8, 4) is 0 Å². The molecule has 0 saturated heterocycles. The molecule has 0 aliphatic heterocycles. The number of amidine groups is 1. The second-order valence-electron chi connectivity index (χ2n) is 0.897. The lowest BCUT2D eigenvalue weighted by Gasteiger charge is -1.88. The highest BCUT2D eigenvalue weighted by atomic mass is 16.5. The highest BCUT2D eigenvalue weighted by Gasteiger charge is 1.79. The summed E-state index contributed by atoms with van der Waals surface area (Å²) in [5.41, 5.74) is 0. The van der Waals surface area contributed by atoms with Crippen molar-refractivity contribution in [2.24, 2.45) is 4.99 Å². The fraction of sp³-hybridized carbons (Fsp3) is 0.500. The van der Waals surface area contributed by atoms with Gasteiger partial charge in [-0.15, -0.1) is 0 Å². The number of hydrogen-bond donors (Lipinski definition) is 1. The molecule has 40 valence electrons. The van der Waals surface area contributed by atoms with Crippen molar-refractivity contribution in [2.75, 3.05) is 7.11 Å². The van der Waals surface area contributed by atoms with Gasteiger partial charge in [0.1, 0.15) is 0 Å². The van der Waals surface area contributed by atoms with Crippen LogP contribution >= 0.6 is 0 Å². The van der Waals surface area contributed by atoms with Crippen LogP contribution in [0.3, 0.4) is 0 Å². The van der Waals surface area contributed by atoms with Crippen molar-refractivity contribution in [1.82, 2.24) is 0 Å². The first kappa shape index (κ1) is 6.14. The molecule has 0 atom stereocenters. The van der Waals surface area contributed by atoms with Crippen molar-refractivity contribution in [1.29, 1.82) is 5.41 Å². The van der Waals surface area contributed by atoms with Crippen LogP contribution in [0.25, 0.3) is 0 Å². The highest BCUT2D eigenvalue weighted by Crippen LogP contribution is 1.71. The van der Waals surface area contributed by atoms with E-state index in [0.29, 0.717) is 0 Å². The predicted molar refractivity (Wildman–Crippen MR) is 28.9 cm³/mol. The Morgan fingerprint density at radius 2 is 2.43 bits per heavy atom. The van der Waals surface area contributed by atoms with Crippen LogP contribution in [0.4, 0.5) is 0 Å². The first-order chi connectivity index (χ1) is 3.31. The molecule has 0 unspecified atom stereocenters. The standard InChI is InChI=1S/C4H8N2O/c1-3-6-4(5)7-2/h3,5H,1-2H3. The van der Waals surface area contributed by atoms with E-state index in [0.717, 1.165) is 0 Å². The van der Waals surface area contributed by atoms with Crippen LogP contribution in [0.2, 0.25) is 0 Å². The van der Waals surface area contributed by atoms with E-state index in [-0.39, 0.29) is 6.02 Å². The van der Waals surface area contributed by atoms with Crippen molar-refractivity contribution in [2.45, 2.75) is 6.92 Å². The summed E-state index contributed by atoms with van der Waals surface area (Å²) in [5, 5.41) is 6.72. The van der Waals surface area contributed by atoms with E-state index in [1.165, 1.54) is 13.3 Å². The fourth-order valence-electron chi connectivity index (χ4n) is 0.170. The minimum absolute atomic E-state index is 0.0532. The molecule has 0 fully saturated rings. The Kier molecular flexibility index (Phi) is 2.92. The van der Waals surface area contributed by atoms with E-state index in [9.17, 15) is 0 Å². The minimum Gasteiger partial charge on any atom is -0.467 e. The summed E-state index contributed by atoms with van der Waals surface area (Å²) in [6.07, 6.45) is 1.51. The molecule has 1 N–H and O–H groups in total. The number of aliphatic imine (C=N–C) groups is 1. The average Bonchev–Trinajstić information content (AvgIpc) is 1.68. The molecule has 3 nitrogen and oxygen atoms in total. The molecule has 0 aliphatic carbocycles. The fourth-order valence-corrected chi connectivity index (χ4v) is 0.170. The topological polar surface area (TPSA) is 45.4 Å². The second-order valence-corrected chi connectivity index (χ2v) is 0.897. The van der Waals surface area contributed by atoms with Crippen molar-refractivity contribution in [3.63, 3.8) is 0 Å². The Morgan fingerprint density at radius 3 is 2.57 bits per heavy atom. The van der Waals surface area contributed by atoms with Gasteiger partial charge in [-0.3, -0.25) is 0 Å². The summed E-state index contributed by atoms with van der Waals surface area (Å²) in [5.74, 6) is 0. The second kappa shape index (κ2) is 3.33. The zero-order valence-corrected chi connectivity index (χ0v) is 4.43. The van der Waals surface area contributed by atoms with Crippen molar-refractivity contribution < 1.29 is 4.74 Å².